The number of allylic oxidation sites excluding steroid dienone is 1. The molecule has 142 valence electrons. The summed E-state index contributed by atoms with van der Waals surface area (Å²) in [7, 11) is 0. The lowest BCUT2D eigenvalue weighted by molar-refractivity contribution is 0.0739. The minimum absolute atomic E-state index is 0.212. The molecule has 2 aliphatic heterocycles. The molecule has 3 heterocycles. The molecule has 3 aromatic rings. The van der Waals surface area contributed by atoms with Crippen molar-refractivity contribution >= 4 is 29.2 Å². The third-order valence-electron chi connectivity index (χ3n) is 4.55. The van der Waals surface area contributed by atoms with E-state index < -0.39 is 5.97 Å². The lowest BCUT2D eigenvalue weighted by Crippen LogP contribution is -2.08. The number of esters is 1. The minimum atomic E-state index is -0.441. The molecule has 0 saturated carbocycles. The van der Waals surface area contributed by atoms with E-state index in [0.29, 0.717) is 28.5 Å². The number of rotatable bonds is 3. The minimum Gasteiger partial charge on any atom is -0.488 e. The normalized spacial score (nSPS) is 15.8. The Bertz CT molecular complexity index is 1190. The Morgan fingerprint density at radius 3 is 2.83 bits per heavy atom. The smallest absolute Gasteiger partial charge is 0.353 e. The van der Waals surface area contributed by atoms with Gasteiger partial charge in [-0.2, -0.15) is 0 Å². The Balaban J connectivity index is 1.38. The van der Waals surface area contributed by atoms with Gasteiger partial charge in [0, 0.05) is 11.6 Å². The van der Waals surface area contributed by atoms with E-state index in [1.807, 2.05) is 30.3 Å². The molecular weight excluding hydrogens is 388 g/mol. The summed E-state index contributed by atoms with van der Waals surface area (Å²) in [6.07, 6.45) is 3.66. The van der Waals surface area contributed by atoms with Gasteiger partial charge in [0.1, 0.15) is 28.7 Å². The summed E-state index contributed by atoms with van der Waals surface area (Å²) < 4.78 is 16.8. The molecule has 0 saturated heterocycles. The van der Waals surface area contributed by atoms with Crippen molar-refractivity contribution in [2.45, 2.75) is 0 Å². The van der Waals surface area contributed by atoms with Crippen LogP contribution in [0.2, 0.25) is 0 Å². The van der Waals surface area contributed by atoms with Crippen LogP contribution in [-0.4, -0.2) is 18.4 Å². The van der Waals surface area contributed by atoms with E-state index in [0.717, 1.165) is 16.9 Å². The van der Waals surface area contributed by atoms with Gasteiger partial charge in [-0.15, -0.1) is 11.3 Å². The predicted molar refractivity (Wildman–Crippen MR) is 109 cm³/mol. The van der Waals surface area contributed by atoms with Gasteiger partial charge in [0.2, 0.25) is 5.78 Å². The maximum atomic E-state index is 12.7. The highest BCUT2D eigenvalue weighted by Crippen LogP contribution is 2.35. The van der Waals surface area contributed by atoms with Crippen molar-refractivity contribution in [2.24, 2.45) is 0 Å². The average Bonchev–Trinajstić information content (AvgIpc) is 3.37. The summed E-state index contributed by atoms with van der Waals surface area (Å²) >= 11 is 1.30. The zero-order valence-electron chi connectivity index (χ0n) is 15.1. The van der Waals surface area contributed by atoms with Gasteiger partial charge in [0.15, 0.2) is 5.76 Å². The van der Waals surface area contributed by atoms with Crippen molar-refractivity contribution < 1.29 is 23.8 Å². The molecular formula is C23H14O5S. The standard InChI is InChI=1S/C23H14O5S/c24-22-17-8-7-16(27-23(25)21-6-3-9-29-21)12-19(17)28-20(22)11-14-10-15-4-1-2-5-18(15)26-13-14/h1-12H,13H2/b20-11-. The summed E-state index contributed by atoms with van der Waals surface area (Å²) in [5.41, 5.74) is 2.23. The van der Waals surface area contributed by atoms with Gasteiger partial charge in [-0.05, 0) is 47.4 Å². The molecule has 2 aliphatic rings. The van der Waals surface area contributed by atoms with Crippen molar-refractivity contribution in [3.05, 3.63) is 93.4 Å². The molecule has 29 heavy (non-hydrogen) atoms. The molecule has 0 amide bonds. The molecule has 0 atom stereocenters. The first-order chi connectivity index (χ1) is 14.2. The number of carbonyl (C=O) groups is 2. The molecule has 0 fully saturated rings. The fraction of sp³-hybridized carbons (Fsp3) is 0.0435. The topological polar surface area (TPSA) is 61.8 Å². The van der Waals surface area contributed by atoms with Crippen molar-refractivity contribution in [3.63, 3.8) is 0 Å². The molecule has 5 rings (SSSR count). The molecule has 0 spiro atoms. The summed E-state index contributed by atoms with van der Waals surface area (Å²) in [6.45, 7) is 0.358. The summed E-state index contributed by atoms with van der Waals surface area (Å²) in [5, 5.41) is 1.81. The van der Waals surface area contributed by atoms with Gasteiger partial charge < -0.3 is 14.2 Å². The van der Waals surface area contributed by atoms with E-state index in [-0.39, 0.29) is 11.5 Å². The third kappa shape index (κ3) is 3.34. The van der Waals surface area contributed by atoms with Crippen LogP contribution >= 0.6 is 11.3 Å². The van der Waals surface area contributed by atoms with E-state index in [1.54, 1.807) is 41.8 Å². The SMILES string of the molecule is O=C(Oc1ccc2c(c1)O/C(=C\C1=Cc3ccccc3OC1)C2=O)c1cccs1. The van der Waals surface area contributed by atoms with Crippen LogP contribution in [0.15, 0.2) is 77.4 Å². The molecule has 1 aromatic heterocycles. The Morgan fingerprint density at radius 2 is 1.97 bits per heavy atom. The van der Waals surface area contributed by atoms with E-state index in [2.05, 4.69) is 0 Å². The van der Waals surface area contributed by atoms with Gasteiger partial charge in [0.05, 0.1) is 5.56 Å². The van der Waals surface area contributed by atoms with Crippen molar-refractivity contribution in [2.75, 3.05) is 6.61 Å². The number of ketones is 1. The van der Waals surface area contributed by atoms with E-state index in [1.165, 1.54) is 11.3 Å². The molecule has 5 nitrogen and oxygen atoms in total. The van der Waals surface area contributed by atoms with Gasteiger partial charge >= 0.3 is 5.97 Å². The van der Waals surface area contributed by atoms with Gasteiger partial charge in [-0.1, -0.05) is 24.3 Å². The maximum Gasteiger partial charge on any atom is 0.353 e. The number of ether oxygens (including phenoxy) is 3. The zero-order valence-corrected chi connectivity index (χ0v) is 15.9. The summed E-state index contributed by atoms with van der Waals surface area (Å²) in [5.74, 6) is 1.07. The molecule has 2 aromatic carbocycles. The number of carbonyl (C=O) groups excluding carboxylic acids is 2. The predicted octanol–water partition coefficient (Wildman–Crippen LogP) is 4.90. The van der Waals surface area contributed by atoms with Crippen molar-refractivity contribution in [1.82, 2.24) is 0 Å². The quantitative estimate of drug-likeness (QED) is 0.354. The van der Waals surface area contributed by atoms with Gasteiger partial charge in [-0.3, -0.25) is 4.79 Å². The van der Waals surface area contributed by atoms with Crippen LogP contribution < -0.4 is 14.2 Å². The number of fused-ring (bicyclic) bond motifs is 2. The first kappa shape index (κ1) is 17.5. The second kappa shape index (κ2) is 7.07. The van der Waals surface area contributed by atoms with Gasteiger partial charge in [0.25, 0.3) is 0 Å². The van der Waals surface area contributed by atoms with Crippen LogP contribution in [0.1, 0.15) is 25.6 Å². The second-order valence-corrected chi connectivity index (χ2v) is 7.46. The Labute approximate surface area is 170 Å². The van der Waals surface area contributed by atoms with Gasteiger partial charge in [-0.25, -0.2) is 4.79 Å². The Hall–Kier alpha value is -3.64. The summed E-state index contributed by atoms with van der Waals surface area (Å²) in [4.78, 5) is 25.3. The molecule has 0 aliphatic carbocycles. The number of thiophene rings is 1. The van der Waals surface area contributed by atoms with Crippen molar-refractivity contribution in [3.8, 4) is 17.2 Å². The van der Waals surface area contributed by atoms with Crippen LogP contribution in [0.3, 0.4) is 0 Å². The highest BCUT2D eigenvalue weighted by molar-refractivity contribution is 7.12. The fourth-order valence-corrected chi connectivity index (χ4v) is 3.77. The van der Waals surface area contributed by atoms with Crippen LogP contribution in [0, 0.1) is 0 Å². The van der Waals surface area contributed by atoms with E-state index >= 15 is 0 Å². The number of benzene rings is 2. The maximum absolute atomic E-state index is 12.7. The lowest BCUT2D eigenvalue weighted by Gasteiger charge is -2.15. The molecule has 0 N–H and O–H groups in total. The summed E-state index contributed by atoms with van der Waals surface area (Å²) in [6, 6.07) is 15.9. The molecule has 0 bridgehead atoms. The number of hydrogen-bond acceptors (Lipinski definition) is 6. The number of Topliss-reactive ketones (excluding diaryl/α,β-unsaturated/α-hetero) is 1. The molecule has 6 heteroatoms. The van der Waals surface area contributed by atoms with Crippen LogP contribution in [-0.2, 0) is 0 Å². The zero-order chi connectivity index (χ0) is 19.8. The third-order valence-corrected chi connectivity index (χ3v) is 5.39. The van der Waals surface area contributed by atoms with E-state index in [9.17, 15) is 9.59 Å². The highest BCUT2D eigenvalue weighted by atomic mass is 32.1. The van der Waals surface area contributed by atoms with E-state index in [4.69, 9.17) is 14.2 Å². The molecule has 0 unspecified atom stereocenters. The van der Waals surface area contributed by atoms with Crippen LogP contribution in [0.4, 0.5) is 0 Å². The monoisotopic (exact) mass is 402 g/mol. The first-order valence-electron chi connectivity index (χ1n) is 8.94. The van der Waals surface area contributed by atoms with Crippen LogP contribution in [0.25, 0.3) is 6.08 Å². The second-order valence-electron chi connectivity index (χ2n) is 6.51. The fourth-order valence-electron chi connectivity index (χ4n) is 3.17. The highest BCUT2D eigenvalue weighted by Gasteiger charge is 2.28. The largest absolute Gasteiger partial charge is 0.488 e. The Kier molecular flexibility index (Phi) is 4.26. The average molecular weight is 402 g/mol. The van der Waals surface area contributed by atoms with Crippen molar-refractivity contribution in [1.29, 1.82) is 0 Å². The molecule has 0 radical (unpaired) electrons. The lowest BCUT2D eigenvalue weighted by atomic mass is 10.1. The number of para-hydroxylation sites is 1. The Morgan fingerprint density at radius 1 is 1.07 bits per heavy atom. The first-order valence-corrected chi connectivity index (χ1v) is 9.82. The number of hydrogen-bond donors (Lipinski definition) is 0. The van der Waals surface area contributed by atoms with Crippen LogP contribution in [0.5, 0.6) is 17.2 Å².